The molecule has 0 aliphatic rings. The number of hydrogen-bond acceptors (Lipinski definition) is 4. The number of nitro groups is 1. The zero-order chi connectivity index (χ0) is 12.4. The van der Waals surface area contributed by atoms with Crippen LogP contribution >= 0.6 is 22.9 Å². The summed E-state index contributed by atoms with van der Waals surface area (Å²) in [6.45, 7) is 2.11. The van der Waals surface area contributed by atoms with E-state index in [0.29, 0.717) is 9.98 Å². The van der Waals surface area contributed by atoms with Crippen LogP contribution in [0.2, 0.25) is 4.47 Å². The van der Waals surface area contributed by atoms with Crippen LogP contribution in [0.25, 0.3) is 10.2 Å². The third kappa shape index (κ3) is 2.40. The summed E-state index contributed by atoms with van der Waals surface area (Å²) in [7, 11) is 0. The third-order valence-electron chi connectivity index (χ3n) is 2.57. The van der Waals surface area contributed by atoms with Crippen LogP contribution < -0.4 is 0 Å². The summed E-state index contributed by atoms with van der Waals surface area (Å²) in [5.41, 5.74) is 1.54. The second-order valence-electron chi connectivity index (χ2n) is 3.75. The molecular formula is C11H11ClN2O2S. The van der Waals surface area contributed by atoms with E-state index in [-0.39, 0.29) is 5.69 Å². The van der Waals surface area contributed by atoms with Gasteiger partial charge in [-0.3, -0.25) is 10.1 Å². The molecule has 0 aliphatic heterocycles. The smallest absolute Gasteiger partial charge is 0.258 e. The van der Waals surface area contributed by atoms with Crippen molar-refractivity contribution in [3.63, 3.8) is 0 Å². The lowest BCUT2D eigenvalue weighted by Crippen LogP contribution is -1.92. The van der Waals surface area contributed by atoms with Crippen LogP contribution in [0, 0.1) is 10.1 Å². The van der Waals surface area contributed by atoms with Crippen LogP contribution in [-0.2, 0) is 6.42 Å². The molecule has 0 saturated carbocycles. The van der Waals surface area contributed by atoms with Gasteiger partial charge < -0.3 is 0 Å². The van der Waals surface area contributed by atoms with E-state index in [1.54, 1.807) is 0 Å². The molecule has 6 heteroatoms. The van der Waals surface area contributed by atoms with E-state index < -0.39 is 4.92 Å². The molecule has 0 aliphatic carbocycles. The molecule has 2 aromatic rings. The molecule has 0 unspecified atom stereocenters. The van der Waals surface area contributed by atoms with Gasteiger partial charge in [0.25, 0.3) is 5.69 Å². The molecule has 0 spiro atoms. The Hall–Kier alpha value is -1.20. The lowest BCUT2D eigenvalue weighted by Gasteiger charge is -2.01. The number of aryl methyl sites for hydroxylation is 1. The Morgan fingerprint density at radius 3 is 2.94 bits per heavy atom. The number of aromatic nitrogens is 1. The number of thiazole rings is 1. The van der Waals surface area contributed by atoms with Crippen molar-refractivity contribution in [3.8, 4) is 0 Å². The molecule has 1 heterocycles. The molecule has 1 aromatic heterocycles. The molecule has 0 amide bonds. The average molecular weight is 271 g/mol. The predicted octanol–water partition coefficient (Wildman–Crippen LogP) is 4.20. The van der Waals surface area contributed by atoms with Crippen LogP contribution in [0.4, 0.5) is 5.69 Å². The van der Waals surface area contributed by atoms with E-state index in [9.17, 15) is 10.1 Å². The first-order valence-electron chi connectivity index (χ1n) is 5.35. The largest absolute Gasteiger partial charge is 0.296 e. The minimum Gasteiger partial charge on any atom is -0.258 e. The highest BCUT2D eigenvalue weighted by Crippen LogP contribution is 2.35. The molecule has 1 aromatic carbocycles. The van der Waals surface area contributed by atoms with Gasteiger partial charge in [-0.25, -0.2) is 4.98 Å². The maximum Gasteiger partial charge on any atom is 0.296 e. The van der Waals surface area contributed by atoms with Crippen molar-refractivity contribution in [3.05, 3.63) is 32.3 Å². The first kappa shape index (κ1) is 12.3. The third-order valence-corrected chi connectivity index (χ3v) is 3.81. The maximum atomic E-state index is 10.9. The Morgan fingerprint density at radius 1 is 1.53 bits per heavy atom. The Morgan fingerprint density at radius 2 is 2.29 bits per heavy atom. The number of fused-ring (bicyclic) bond motifs is 1. The highest BCUT2D eigenvalue weighted by atomic mass is 35.5. The Labute approximate surface area is 107 Å². The van der Waals surface area contributed by atoms with Gasteiger partial charge in [0.15, 0.2) is 9.98 Å². The van der Waals surface area contributed by atoms with Gasteiger partial charge in [-0.1, -0.05) is 31.0 Å². The summed E-state index contributed by atoms with van der Waals surface area (Å²) in [4.78, 5) is 14.5. The van der Waals surface area contributed by atoms with E-state index in [1.165, 1.54) is 17.4 Å². The van der Waals surface area contributed by atoms with Gasteiger partial charge in [0.2, 0.25) is 0 Å². The van der Waals surface area contributed by atoms with Gasteiger partial charge in [-0.2, -0.15) is 0 Å². The molecule has 2 rings (SSSR count). The lowest BCUT2D eigenvalue weighted by atomic mass is 10.1. The molecule has 0 atom stereocenters. The minimum atomic E-state index is -0.415. The van der Waals surface area contributed by atoms with Crippen molar-refractivity contribution in [2.45, 2.75) is 26.2 Å². The van der Waals surface area contributed by atoms with Crippen LogP contribution in [0.1, 0.15) is 25.3 Å². The van der Waals surface area contributed by atoms with E-state index in [0.717, 1.165) is 29.5 Å². The van der Waals surface area contributed by atoms with Gasteiger partial charge in [-0.05, 0) is 18.4 Å². The van der Waals surface area contributed by atoms with Gasteiger partial charge in [0.05, 0.1) is 9.62 Å². The molecule has 0 N–H and O–H groups in total. The molecule has 17 heavy (non-hydrogen) atoms. The average Bonchev–Trinajstić information content (AvgIpc) is 2.66. The molecule has 4 nitrogen and oxygen atoms in total. The van der Waals surface area contributed by atoms with Gasteiger partial charge in [0.1, 0.15) is 0 Å². The molecule has 0 radical (unpaired) electrons. The predicted molar refractivity (Wildman–Crippen MR) is 69.9 cm³/mol. The summed E-state index contributed by atoms with van der Waals surface area (Å²) >= 11 is 7.16. The molecule has 0 fully saturated rings. The molecule has 0 bridgehead atoms. The Balaban J connectivity index is 2.57. The van der Waals surface area contributed by atoms with Crippen LogP contribution in [0.3, 0.4) is 0 Å². The molecule has 90 valence electrons. The minimum absolute atomic E-state index is 0.0309. The first-order valence-corrected chi connectivity index (χ1v) is 6.55. The number of hydrogen-bond donors (Lipinski definition) is 0. The Kier molecular flexibility index (Phi) is 3.59. The zero-order valence-corrected chi connectivity index (χ0v) is 10.8. The zero-order valence-electron chi connectivity index (χ0n) is 9.27. The van der Waals surface area contributed by atoms with Crippen LogP contribution in [0.5, 0.6) is 0 Å². The Bertz CT molecular complexity index is 568. The first-order chi connectivity index (χ1) is 8.13. The fourth-order valence-corrected chi connectivity index (χ4v) is 2.90. The maximum absolute atomic E-state index is 10.9. The molecular weight excluding hydrogens is 260 g/mol. The van der Waals surface area contributed by atoms with Crippen molar-refractivity contribution in [1.29, 1.82) is 0 Å². The number of non-ortho nitro benzene ring substituents is 1. The fraction of sp³-hybridized carbons (Fsp3) is 0.364. The summed E-state index contributed by atoms with van der Waals surface area (Å²) < 4.78 is 1.20. The van der Waals surface area contributed by atoms with Crippen LogP contribution in [-0.4, -0.2) is 9.91 Å². The van der Waals surface area contributed by atoms with E-state index in [4.69, 9.17) is 11.6 Å². The van der Waals surface area contributed by atoms with E-state index in [2.05, 4.69) is 11.9 Å². The van der Waals surface area contributed by atoms with Crippen molar-refractivity contribution >= 4 is 38.8 Å². The van der Waals surface area contributed by atoms with Crippen molar-refractivity contribution in [2.75, 3.05) is 0 Å². The number of halogens is 1. The summed E-state index contributed by atoms with van der Waals surface area (Å²) in [6.07, 6.45) is 3.05. The molecule has 0 saturated heterocycles. The topological polar surface area (TPSA) is 56.0 Å². The summed E-state index contributed by atoms with van der Waals surface area (Å²) in [5, 5.41) is 10.9. The number of nitrogens with zero attached hydrogens (tertiary/aromatic N) is 2. The van der Waals surface area contributed by atoms with Gasteiger partial charge in [0, 0.05) is 6.07 Å². The highest BCUT2D eigenvalue weighted by Gasteiger charge is 2.18. The van der Waals surface area contributed by atoms with E-state index in [1.807, 2.05) is 6.07 Å². The number of nitro benzene ring substituents is 1. The highest BCUT2D eigenvalue weighted by molar-refractivity contribution is 7.22. The quantitative estimate of drug-likeness (QED) is 0.618. The second kappa shape index (κ2) is 4.98. The van der Waals surface area contributed by atoms with Gasteiger partial charge in [-0.15, -0.1) is 11.3 Å². The van der Waals surface area contributed by atoms with Crippen molar-refractivity contribution in [2.24, 2.45) is 0 Å². The fourth-order valence-electron chi connectivity index (χ4n) is 1.73. The van der Waals surface area contributed by atoms with Crippen molar-refractivity contribution in [1.82, 2.24) is 4.98 Å². The van der Waals surface area contributed by atoms with Crippen LogP contribution in [0.15, 0.2) is 12.1 Å². The lowest BCUT2D eigenvalue weighted by molar-refractivity contribution is -0.383. The van der Waals surface area contributed by atoms with E-state index >= 15 is 0 Å². The summed E-state index contributed by atoms with van der Waals surface area (Å²) in [6, 6.07) is 3.33. The number of unbranched alkanes of at least 4 members (excludes halogenated alkanes) is 1. The normalized spacial score (nSPS) is 10.9. The monoisotopic (exact) mass is 270 g/mol. The summed E-state index contributed by atoms with van der Waals surface area (Å²) in [5.74, 6) is 0. The standard InChI is InChI=1S/C11H11ClN2O2S/c1-2-3-4-7-5-6-8(14(15)16)9-10(7)17-11(12)13-9/h5-6H,2-4H2,1H3. The number of benzene rings is 1. The van der Waals surface area contributed by atoms with Gasteiger partial charge >= 0.3 is 0 Å². The number of rotatable bonds is 4. The second-order valence-corrected chi connectivity index (χ2v) is 5.33. The SMILES string of the molecule is CCCCc1ccc([N+](=O)[O-])c2nc(Cl)sc12. The van der Waals surface area contributed by atoms with Crippen molar-refractivity contribution < 1.29 is 4.92 Å².